The number of urea groups is 2. The molecule has 8 rings (SSSR count). The number of aromatic amines is 2. The van der Waals surface area contributed by atoms with E-state index in [0.717, 1.165) is 67.2 Å². The first-order valence-corrected chi connectivity index (χ1v) is 23.9. The molecule has 60 heavy (non-hydrogen) atoms. The second-order valence-electron chi connectivity index (χ2n) is 19.4. The van der Waals surface area contributed by atoms with E-state index in [1.165, 1.54) is 118 Å². The van der Waals surface area contributed by atoms with Gasteiger partial charge in [0.25, 0.3) is 0 Å². The van der Waals surface area contributed by atoms with Crippen LogP contribution >= 0.6 is 0 Å². The Bertz CT molecular complexity index is 1960. The molecule has 4 heterocycles. The molecule has 2 aromatic carbocycles. The number of amides is 4. The number of fused-ring (bicyclic) bond motifs is 2. The van der Waals surface area contributed by atoms with Gasteiger partial charge in [-0.2, -0.15) is 0 Å². The number of nitrogens with one attached hydrogen (secondary N) is 6. The van der Waals surface area contributed by atoms with Crippen LogP contribution in [0.4, 0.5) is 21.0 Å². The van der Waals surface area contributed by atoms with Crippen molar-refractivity contribution in [2.45, 2.75) is 179 Å². The van der Waals surface area contributed by atoms with Gasteiger partial charge in [-0.3, -0.25) is 4.90 Å². The van der Waals surface area contributed by atoms with Crippen molar-refractivity contribution in [2.24, 2.45) is 0 Å². The number of nitrogens with zero attached hydrogens (tertiary/aromatic N) is 2. The molecule has 4 aliphatic rings. The maximum absolute atomic E-state index is 12.6. The van der Waals surface area contributed by atoms with Crippen LogP contribution in [0.2, 0.25) is 0 Å². The summed E-state index contributed by atoms with van der Waals surface area (Å²) >= 11 is 0. The molecule has 0 unspecified atom stereocenters. The van der Waals surface area contributed by atoms with Crippen molar-refractivity contribution in [3.8, 4) is 0 Å². The minimum atomic E-state index is -0.0770. The van der Waals surface area contributed by atoms with E-state index < -0.39 is 0 Å². The summed E-state index contributed by atoms with van der Waals surface area (Å²) in [7, 11) is 0. The molecule has 4 aromatic rings. The quantitative estimate of drug-likeness (QED) is 0.101. The highest BCUT2D eigenvalue weighted by atomic mass is 16.2. The monoisotopic (exact) mass is 821 g/mol. The molecule has 4 fully saturated rings. The molecule has 10 nitrogen and oxygen atoms in total. The Morgan fingerprint density at radius 2 is 1.03 bits per heavy atom. The maximum Gasteiger partial charge on any atom is 0.319 e. The fourth-order valence-corrected chi connectivity index (χ4v) is 10.7. The molecule has 2 aromatic heterocycles. The molecule has 0 spiro atoms. The Balaban J connectivity index is 0.000000182. The summed E-state index contributed by atoms with van der Waals surface area (Å²) in [6, 6.07) is 13.7. The van der Waals surface area contributed by atoms with E-state index in [2.05, 4.69) is 112 Å². The highest BCUT2D eigenvalue weighted by Gasteiger charge is 2.29. The Morgan fingerprint density at radius 3 is 1.47 bits per heavy atom. The van der Waals surface area contributed by atoms with E-state index in [1.54, 1.807) is 0 Å². The van der Waals surface area contributed by atoms with Crippen LogP contribution in [0.3, 0.4) is 0 Å². The number of rotatable bonds is 9. The molecule has 6 N–H and O–H groups in total. The molecule has 328 valence electrons. The lowest BCUT2D eigenvalue weighted by Gasteiger charge is -2.40. The van der Waals surface area contributed by atoms with E-state index in [9.17, 15) is 9.59 Å². The second-order valence-corrected chi connectivity index (χ2v) is 19.4. The van der Waals surface area contributed by atoms with E-state index in [0.29, 0.717) is 23.9 Å². The van der Waals surface area contributed by atoms with Gasteiger partial charge in [-0.05, 0) is 171 Å². The average molecular weight is 821 g/mol. The van der Waals surface area contributed by atoms with Gasteiger partial charge in [-0.15, -0.1) is 0 Å². The summed E-state index contributed by atoms with van der Waals surface area (Å²) in [6.45, 7) is 16.2. The SMILES string of the molecule is CC(C)(C)N1CCC(c2c[nH]c3ccc(NC(=O)NC4CCCCCCC4)cc23)CC1.CCC(CC)N1CCC(c2c[nH]c3ccc(NC(=O)NC4CCCC4)cc23)CC1. The van der Waals surface area contributed by atoms with Crippen molar-refractivity contribution in [3.63, 3.8) is 0 Å². The zero-order valence-corrected chi connectivity index (χ0v) is 37.6. The van der Waals surface area contributed by atoms with E-state index in [1.807, 2.05) is 12.1 Å². The highest BCUT2D eigenvalue weighted by molar-refractivity contribution is 5.95. The second kappa shape index (κ2) is 20.7. The number of anilines is 2. The van der Waals surface area contributed by atoms with Gasteiger partial charge >= 0.3 is 12.1 Å². The smallest absolute Gasteiger partial charge is 0.319 e. The first-order chi connectivity index (χ1) is 29.1. The van der Waals surface area contributed by atoms with Crippen LogP contribution in [0.5, 0.6) is 0 Å². The standard InChI is InChI=1S/C26H40N4O.C24H36N4O/c1-26(2,3)30-15-13-19(14-16-30)23-18-27-24-12-11-21(17-22(23)24)29-25(31)28-20-9-7-5-4-6-8-10-20;1-3-20(4-2)28-13-11-17(12-14-28)22-16-25-23-10-9-19(15-21(22)23)27-24(29)26-18-7-5-6-8-18/h11-12,17-20,27H,4-10,13-16H2,1-3H3,(H2,28,29,31);9-10,15-18,20,25H,3-8,11-14H2,1-2H3,(H2,26,27,29). The lowest BCUT2D eigenvalue weighted by Crippen LogP contribution is -2.45. The number of carbonyl (C=O) groups excluding carboxylic acids is 2. The van der Waals surface area contributed by atoms with Gasteiger partial charge in [0.2, 0.25) is 0 Å². The summed E-state index contributed by atoms with van der Waals surface area (Å²) in [4.78, 5) is 37.1. The third kappa shape index (κ3) is 11.5. The van der Waals surface area contributed by atoms with Crippen molar-refractivity contribution in [3.05, 3.63) is 59.9 Å². The normalized spacial score (nSPS) is 19.8. The summed E-state index contributed by atoms with van der Waals surface area (Å²) < 4.78 is 0. The van der Waals surface area contributed by atoms with Gasteiger partial charge in [-0.1, -0.05) is 58.8 Å². The summed E-state index contributed by atoms with van der Waals surface area (Å²) in [5.41, 5.74) is 7.11. The van der Waals surface area contributed by atoms with Gasteiger partial charge in [0.05, 0.1) is 0 Å². The van der Waals surface area contributed by atoms with Gasteiger partial charge in [-0.25, -0.2) is 9.59 Å². The number of hydrogen-bond acceptors (Lipinski definition) is 4. The van der Waals surface area contributed by atoms with E-state index in [4.69, 9.17) is 0 Å². The molecular weight excluding hydrogens is 745 g/mol. The van der Waals surface area contributed by atoms with Gasteiger partial charge < -0.3 is 36.1 Å². The summed E-state index contributed by atoms with van der Waals surface area (Å²) in [5.74, 6) is 1.17. The van der Waals surface area contributed by atoms with Crippen molar-refractivity contribution in [2.75, 3.05) is 36.8 Å². The van der Waals surface area contributed by atoms with Crippen LogP contribution in [-0.2, 0) is 0 Å². The van der Waals surface area contributed by atoms with E-state index >= 15 is 0 Å². The van der Waals surface area contributed by atoms with Gasteiger partial charge in [0, 0.05) is 69.2 Å². The fraction of sp³-hybridized carbons (Fsp3) is 0.640. The molecule has 2 aliphatic heterocycles. The number of likely N-dealkylation sites (tertiary alicyclic amines) is 2. The van der Waals surface area contributed by atoms with E-state index in [-0.39, 0.29) is 17.6 Å². The number of carbonyl (C=O) groups is 2. The molecular formula is C50H76N8O2. The predicted molar refractivity (Wildman–Crippen MR) is 250 cm³/mol. The Kier molecular flexibility index (Phi) is 15.2. The lowest BCUT2D eigenvalue weighted by molar-refractivity contribution is 0.102. The molecule has 0 radical (unpaired) electrons. The fourth-order valence-electron chi connectivity index (χ4n) is 10.7. The number of aromatic nitrogens is 2. The average Bonchev–Trinajstić information content (AvgIpc) is 4.00. The summed E-state index contributed by atoms with van der Waals surface area (Å²) in [5, 5.41) is 15.0. The Morgan fingerprint density at radius 1 is 0.617 bits per heavy atom. The van der Waals surface area contributed by atoms with Crippen LogP contribution in [0, 0.1) is 0 Å². The van der Waals surface area contributed by atoms with Crippen LogP contribution in [0.25, 0.3) is 21.8 Å². The van der Waals surface area contributed by atoms with Crippen LogP contribution < -0.4 is 21.3 Å². The third-order valence-corrected chi connectivity index (χ3v) is 14.4. The van der Waals surface area contributed by atoms with Crippen LogP contribution in [-0.4, -0.2) is 81.7 Å². The zero-order chi connectivity index (χ0) is 42.1. The Hall–Kier alpha value is -4.02. The highest BCUT2D eigenvalue weighted by Crippen LogP contribution is 2.37. The number of H-pyrrole nitrogens is 2. The summed E-state index contributed by atoms with van der Waals surface area (Å²) in [6.07, 6.45) is 24.9. The molecule has 0 atom stereocenters. The molecule has 2 saturated carbocycles. The molecule has 10 heteroatoms. The molecule has 4 amide bonds. The number of hydrogen-bond donors (Lipinski definition) is 6. The van der Waals surface area contributed by atoms with Crippen molar-refractivity contribution in [1.29, 1.82) is 0 Å². The minimum absolute atomic E-state index is 0.0690. The largest absolute Gasteiger partial charge is 0.361 e. The van der Waals surface area contributed by atoms with Crippen molar-refractivity contribution < 1.29 is 9.59 Å². The minimum Gasteiger partial charge on any atom is -0.361 e. The first kappa shape index (κ1) is 44.0. The molecule has 0 bridgehead atoms. The first-order valence-electron chi connectivity index (χ1n) is 23.9. The van der Waals surface area contributed by atoms with Gasteiger partial charge in [0.1, 0.15) is 0 Å². The topological polar surface area (TPSA) is 120 Å². The van der Waals surface area contributed by atoms with Gasteiger partial charge in [0.15, 0.2) is 0 Å². The number of piperidine rings is 2. The van der Waals surface area contributed by atoms with Crippen LogP contribution in [0.15, 0.2) is 48.8 Å². The van der Waals surface area contributed by atoms with Crippen LogP contribution in [0.1, 0.15) is 167 Å². The third-order valence-electron chi connectivity index (χ3n) is 14.4. The zero-order valence-electron chi connectivity index (χ0n) is 37.6. The molecule has 2 aliphatic carbocycles. The number of benzene rings is 2. The van der Waals surface area contributed by atoms with Crippen molar-refractivity contribution in [1.82, 2.24) is 30.4 Å². The molecule has 2 saturated heterocycles. The maximum atomic E-state index is 12.6. The Labute approximate surface area is 360 Å². The van der Waals surface area contributed by atoms with Crippen molar-refractivity contribution >= 4 is 45.2 Å². The lowest BCUT2D eigenvalue weighted by atomic mass is 9.87. The predicted octanol–water partition coefficient (Wildman–Crippen LogP) is 12.0.